The summed E-state index contributed by atoms with van der Waals surface area (Å²) in [5, 5.41) is 12.4. The van der Waals surface area contributed by atoms with Crippen molar-refractivity contribution in [3.63, 3.8) is 0 Å². The highest BCUT2D eigenvalue weighted by Crippen LogP contribution is 2.13. The van der Waals surface area contributed by atoms with Crippen LogP contribution in [0.2, 0.25) is 0 Å². The zero-order chi connectivity index (χ0) is 14.8. The number of benzene rings is 1. The van der Waals surface area contributed by atoms with Crippen LogP contribution >= 0.6 is 0 Å². The Balaban J connectivity index is 2.52. The second-order valence-electron chi connectivity index (χ2n) is 5.22. The number of oxime groups is 1. The summed E-state index contributed by atoms with van der Waals surface area (Å²) in [7, 11) is 4.05. The van der Waals surface area contributed by atoms with Gasteiger partial charge in [0.15, 0.2) is 0 Å². The molecule has 0 radical (unpaired) electrons. The minimum atomic E-state index is 0.748. The van der Waals surface area contributed by atoms with E-state index in [1.54, 1.807) is 0 Å². The Hall–Kier alpha value is -1.77. The molecule has 0 aliphatic heterocycles. The van der Waals surface area contributed by atoms with Crippen LogP contribution in [-0.4, -0.2) is 25.0 Å². The van der Waals surface area contributed by atoms with Crippen molar-refractivity contribution >= 4 is 17.5 Å². The lowest BCUT2D eigenvalue weighted by atomic mass is 10.1. The number of unbranched alkanes of at least 4 members (excludes halogenated alkanes) is 3. The van der Waals surface area contributed by atoms with Gasteiger partial charge in [0.25, 0.3) is 0 Å². The fraction of sp³-hybridized carbons (Fsp3) is 0.471. The minimum Gasteiger partial charge on any atom is -0.411 e. The van der Waals surface area contributed by atoms with E-state index in [4.69, 9.17) is 5.21 Å². The number of hydrogen-bond donors (Lipinski definition) is 1. The monoisotopic (exact) mass is 274 g/mol. The molecule has 0 bridgehead atoms. The Morgan fingerprint density at radius 1 is 1.15 bits per heavy atom. The summed E-state index contributed by atoms with van der Waals surface area (Å²) in [6.45, 7) is 2.19. The number of anilines is 1. The summed E-state index contributed by atoms with van der Waals surface area (Å²) in [5.41, 5.74) is 3.04. The van der Waals surface area contributed by atoms with Crippen LogP contribution in [0.25, 0.3) is 6.08 Å². The van der Waals surface area contributed by atoms with Crippen molar-refractivity contribution in [1.29, 1.82) is 0 Å². The Labute approximate surface area is 122 Å². The van der Waals surface area contributed by atoms with Crippen LogP contribution in [-0.2, 0) is 0 Å². The number of rotatable bonds is 8. The smallest absolute Gasteiger partial charge is 0.0795 e. The normalized spacial score (nSPS) is 12.1. The molecule has 0 spiro atoms. The molecule has 0 saturated heterocycles. The molecule has 0 aromatic heterocycles. The molecule has 0 heterocycles. The van der Waals surface area contributed by atoms with E-state index in [0.29, 0.717) is 0 Å². The van der Waals surface area contributed by atoms with Crippen LogP contribution in [0.15, 0.2) is 35.5 Å². The maximum atomic E-state index is 9.01. The molecule has 0 saturated carbocycles. The van der Waals surface area contributed by atoms with Gasteiger partial charge in [-0.2, -0.15) is 0 Å². The average Bonchev–Trinajstić information content (AvgIpc) is 2.47. The van der Waals surface area contributed by atoms with Gasteiger partial charge in [-0.3, -0.25) is 0 Å². The summed E-state index contributed by atoms with van der Waals surface area (Å²) in [6.07, 6.45) is 9.47. The Kier molecular flexibility index (Phi) is 7.48. The largest absolute Gasteiger partial charge is 0.411 e. The van der Waals surface area contributed by atoms with Crippen LogP contribution in [0.1, 0.15) is 44.6 Å². The number of hydrogen-bond acceptors (Lipinski definition) is 3. The van der Waals surface area contributed by atoms with Crippen molar-refractivity contribution in [2.24, 2.45) is 5.16 Å². The summed E-state index contributed by atoms with van der Waals surface area (Å²) >= 11 is 0. The Morgan fingerprint density at radius 2 is 1.85 bits per heavy atom. The van der Waals surface area contributed by atoms with Crippen LogP contribution in [0, 0.1) is 0 Å². The molecule has 20 heavy (non-hydrogen) atoms. The van der Waals surface area contributed by atoms with Crippen molar-refractivity contribution in [1.82, 2.24) is 0 Å². The van der Waals surface area contributed by atoms with E-state index < -0.39 is 0 Å². The van der Waals surface area contributed by atoms with Crippen LogP contribution in [0.3, 0.4) is 0 Å². The van der Waals surface area contributed by atoms with Crippen LogP contribution in [0.4, 0.5) is 5.69 Å². The van der Waals surface area contributed by atoms with Gasteiger partial charge >= 0.3 is 0 Å². The molecule has 1 rings (SSSR count). The third-order valence-corrected chi connectivity index (χ3v) is 3.29. The van der Waals surface area contributed by atoms with Gasteiger partial charge in [0, 0.05) is 19.8 Å². The van der Waals surface area contributed by atoms with E-state index in [-0.39, 0.29) is 0 Å². The van der Waals surface area contributed by atoms with Gasteiger partial charge in [-0.25, -0.2) is 0 Å². The highest BCUT2D eigenvalue weighted by molar-refractivity contribution is 5.97. The molecule has 1 aromatic carbocycles. The molecule has 0 aliphatic rings. The molecule has 3 heteroatoms. The van der Waals surface area contributed by atoms with E-state index in [1.807, 2.05) is 26.2 Å². The van der Waals surface area contributed by atoms with Gasteiger partial charge in [0.2, 0.25) is 0 Å². The van der Waals surface area contributed by atoms with Crippen molar-refractivity contribution < 1.29 is 5.21 Å². The lowest BCUT2D eigenvalue weighted by Gasteiger charge is -2.11. The summed E-state index contributed by atoms with van der Waals surface area (Å²) in [6, 6.07) is 8.29. The minimum absolute atomic E-state index is 0.748. The molecular formula is C17H26N2O. The third kappa shape index (κ3) is 5.91. The molecule has 0 aliphatic carbocycles. The van der Waals surface area contributed by atoms with Crippen molar-refractivity contribution in [2.45, 2.75) is 39.0 Å². The first-order valence-electron chi connectivity index (χ1n) is 7.33. The average molecular weight is 274 g/mol. The van der Waals surface area contributed by atoms with E-state index in [1.165, 1.54) is 24.9 Å². The van der Waals surface area contributed by atoms with Gasteiger partial charge in [-0.15, -0.1) is 0 Å². The zero-order valence-corrected chi connectivity index (χ0v) is 12.8. The summed E-state index contributed by atoms with van der Waals surface area (Å²) in [5.74, 6) is 0. The van der Waals surface area contributed by atoms with E-state index in [9.17, 15) is 0 Å². The summed E-state index contributed by atoms with van der Waals surface area (Å²) in [4.78, 5) is 2.07. The van der Waals surface area contributed by atoms with E-state index in [0.717, 1.165) is 24.1 Å². The first-order valence-corrected chi connectivity index (χ1v) is 7.33. The van der Waals surface area contributed by atoms with Crippen molar-refractivity contribution in [2.75, 3.05) is 19.0 Å². The van der Waals surface area contributed by atoms with Crippen LogP contribution in [0.5, 0.6) is 0 Å². The fourth-order valence-corrected chi connectivity index (χ4v) is 1.98. The molecule has 1 aromatic rings. The zero-order valence-electron chi connectivity index (χ0n) is 12.8. The highest BCUT2D eigenvalue weighted by atomic mass is 16.4. The topological polar surface area (TPSA) is 35.8 Å². The first kappa shape index (κ1) is 16.3. The lowest BCUT2D eigenvalue weighted by Crippen LogP contribution is -2.07. The predicted molar refractivity (Wildman–Crippen MR) is 87.8 cm³/mol. The number of nitrogens with zero attached hydrogens (tertiary/aromatic N) is 2. The standard InChI is InChI=1S/C17H26N2O/c1-4-5-6-7-8-16(18-20)12-9-15-10-13-17(14-11-15)19(2)3/h9-14,20H,4-8H2,1-3H3. The van der Waals surface area contributed by atoms with E-state index in [2.05, 4.69) is 41.2 Å². The maximum absolute atomic E-state index is 9.01. The Morgan fingerprint density at radius 3 is 2.40 bits per heavy atom. The molecule has 0 unspecified atom stereocenters. The van der Waals surface area contributed by atoms with Crippen LogP contribution < -0.4 is 4.90 Å². The lowest BCUT2D eigenvalue weighted by molar-refractivity contribution is 0.318. The van der Waals surface area contributed by atoms with Gasteiger partial charge in [-0.05, 0) is 36.6 Å². The Bertz CT molecular complexity index is 433. The molecule has 0 amide bonds. The molecule has 110 valence electrons. The molecule has 3 nitrogen and oxygen atoms in total. The van der Waals surface area contributed by atoms with Gasteiger partial charge in [-0.1, -0.05) is 49.6 Å². The third-order valence-electron chi connectivity index (χ3n) is 3.29. The molecule has 0 fully saturated rings. The second kappa shape index (κ2) is 9.18. The SMILES string of the molecule is CCCCCCC(C=Cc1ccc(N(C)C)cc1)=NO. The number of allylic oxidation sites excluding steroid dienone is 1. The van der Waals surface area contributed by atoms with Crippen molar-refractivity contribution in [3.8, 4) is 0 Å². The fourth-order valence-electron chi connectivity index (χ4n) is 1.98. The highest BCUT2D eigenvalue weighted by Gasteiger charge is 1.97. The second-order valence-corrected chi connectivity index (χ2v) is 5.22. The van der Waals surface area contributed by atoms with E-state index >= 15 is 0 Å². The van der Waals surface area contributed by atoms with Crippen molar-refractivity contribution in [3.05, 3.63) is 35.9 Å². The van der Waals surface area contributed by atoms with Gasteiger partial charge < -0.3 is 10.1 Å². The van der Waals surface area contributed by atoms with Gasteiger partial charge in [0.1, 0.15) is 0 Å². The first-order chi connectivity index (χ1) is 9.67. The maximum Gasteiger partial charge on any atom is 0.0795 e. The quantitative estimate of drug-likeness (QED) is 0.326. The summed E-state index contributed by atoms with van der Waals surface area (Å²) < 4.78 is 0. The molecule has 0 atom stereocenters. The predicted octanol–water partition coefficient (Wildman–Crippen LogP) is 4.57. The van der Waals surface area contributed by atoms with Gasteiger partial charge in [0.05, 0.1) is 5.71 Å². The molecule has 1 N–H and O–H groups in total. The molecular weight excluding hydrogens is 248 g/mol.